The minimum Gasteiger partial charge on any atom is -0.450 e. The number of nitrogens with one attached hydrogen (secondary N) is 1. The quantitative estimate of drug-likeness (QED) is 0.841. The molecule has 20 heavy (non-hydrogen) atoms. The normalized spacial score (nSPS) is 10.2. The molecule has 0 aliphatic carbocycles. The molecule has 1 amide bonds. The Balaban J connectivity index is 2.02. The van der Waals surface area contributed by atoms with E-state index in [1.165, 1.54) is 10.7 Å². The minimum absolute atomic E-state index is 0.244. The highest BCUT2D eigenvalue weighted by Gasteiger charge is 2.04. The molecule has 0 saturated carbocycles. The van der Waals surface area contributed by atoms with Gasteiger partial charge in [0.05, 0.1) is 13.2 Å². The fourth-order valence-corrected chi connectivity index (χ4v) is 1.57. The van der Waals surface area contributed by atoms with Crippen LogP contribution in [-0.2, 0) is 11.3 Å². The van der Waals surface area contributed by atoms with E-state index in [9.17, 15) is 9.59 Å². The first-order valence-corrected chi connectivity index (χ1v) is 6.19. The van der Waals surface area contributed by atoms with Gasteiger partial charge < -0.3 is 10.1 Å². The first-order valence-electron chi connectivity index (χ1n) is 6.19. The molecule has 0 aromatic carbocycles. The van der Waals surface area contributed by atoms with Crippen LogP contribution >= 0.6 is 0 Å². The van der Waals surface area contributed by atoms with Gasteiger partial charge in [0.2, 0.25) is 0 Å². The van der Waals surface area contributed by atoms with Crippen molar-refractivity contribution in [2.24, 2.45) is 0 Å². The number of alkyl carbamates (subject to hydrolysis) is 1. The maximum Gasteiger partial charge on any atom is 0.407 e. The number of aromatic nitrogens is 4. The van der Waals surface area contributed by atoms with Crippen LogP contribution in [0.25, 0.3) is 5.82 Å². The molecule has 0 fully saturated rings. The summed E-state index contributed by atoms with van der Waals surface area (Å²) >= 11 is 0. The molecule has 2 heterocycles. The number of rotatable bonds is 5. The Kier molecular flexibility index (Phi) is 4.48. The number of ether oxygens (including phenoxy) is 1. The third-order valence-electron chi connectivity index (χ3n) is 2.46. The average molecular weight is 277 g/mol. The van der Waals surface area contributed by atoms with Crippen molar-refractivity contribution in [1.29, 1.82) is 0 Å². The summed E-state index contributed by atoms with van der Waals surface area (Å²) < 4.78 is 7.54. The first kappa shape index (κ1) is 13.8. The lowest BCUT2D eigenvalue weighted by atomic mass is 10.5. The highest BCUT2D eigenvalue weighted by atomic mass is 16.5. The monoisotopic (exact) mass is 277 g/mol. The van der Waals surface area contributed by atoms with E-state index >= 15 is 0 Å². The van der Waals surface area contributed by atoms with Crippen LogP contribution in [0.3, 0.4) is 0 Å². The molecule has 8 nitrogen and oxygen atoms in total. The zero-order chi connectivity index (χ0) is 14.4. The SMILES string of the molecule is CCOC(=O)NCCn1nc(-n2cccn2)ccc1=O. The van der Waals surface area contributed by atoms with Crippen LogP contribution in [-0.4, -0.2) is 38.8 Å². The van der Waals surface area contributed by atoms with Crippen molar-refractivity contribution in [3.8, 4) is 5.82 Å². The summed E-state index contributed by atoms with van der Waals surface area (Å²) in [6, 6.07) is 4.76. The number of carbonyl (C=O) groups is 1. The van der Waals surface area contributed by atoms with E-state index < -0.39 is 6.09 Å². The van der Waals surface area contributed by atoms with Crippen LogP contribution in [0.15, 0.2) is 35.4 Å². The molecule has 2 aromatic heterocycles. The van der Waals surface area contributed by atoms with Crippen molar-refractivity contribution in [2.45, 2.75) is 13.5 Å². The van der Waals surface area contributed by atoms with Crippen molar-refractivity contribution in [3.05, 3.63) is 40.9 Å². The minimum atomic E-state index is -0.510. The van der Waals surface area contributed by atoms with Crippen molar-refractivity contribution in [2.75, 3.05) is 13.2 Å². The topological polar surface area (TPSA) is 91.0 Å². The van der Waals surface area contributed by atoms with E-state index in [1.54, 1.807) is 36.1 Å². The van der Waals surface area contributed by atoms with Gasteiger partial charge in [-0.1, -0.05) is 0 Å². The number of nitrogens with zero attached hydrogens (tertiary/aromatic N) is 4. The Morgan fingerprint density at radius 2 is 2.30 bits per heavy atom. The standard InChI is InChI=1S/C12H15N5O3/c1-2-20-12(19)13-7-9-17-11(18)5-4-10(15-17)16-8-3-6-14-16/h3-6,8H,2,7,9H2,1H3,(H,13,19). The van der Waals surface area contributed by atoms with E-state index in [2.05, 4.69) is 15.5 Å². The van der Waals surface area contributed by atoms with Crippen molar-refractivity contribution >= 4 is 6.09 Å². The predicted octanol–water partition coefficient (Wildman–Crippen LogP) is 0.175. The first-order chi connectivity index (χ1) is 9.70. The van der Waals surface area contributed by atoms with Gasteiger partial charge in [-0.15, -0.1) is 5.10 Å². The lowest BCUT2D eigenvalue weighted by molar-refractivity contribution is 0.151. The highest BCUT2D eigenvalue weighted by molar-refractivity contribution is 5.66. The second-order valence-electron chi connectivity index (χ2n) is 3.85. The summed E-state index contributed by atoms with van der Waals surface area (Å²) in [6.07, 6.45) is 2.84. The summed E-state index contributed by atoms with van der Waals surface area (Å²) in [5, 5.41) is 10.7. The van der Waals surface area contributed by atoms with Crippen LogP contribution in [0, 0.1) is 0 Å². The molecule has 0 radical (unpaired) electrons. The third kappa shape index (κ3) is 3.44. The van der Waals surface area contributed by atoms with E-state index in [0.717, 1.165) is 0 Å². The van der Waals surface area contributed by atoms with Gasteiger partial charge in [-0.3, -0.25) is 4.79 Å². The average Bonchev–Trinajstić information content (AvgIpc) is 2.95. The van der Waals surface area contributed by atoms with Crippen molar-refractivity contribution in [1.82, 2.24) is 24.9 Å². The van der Waals surface area contributed by atoms with Gasteiger partial charge in [0.25, 0.3) is 5.56 Å². The van der Waals surface area contributed by atoms with Gasteiger partial charge >= 0.3 is 6.09 Å². The van der Waals surface area contributed by atoms with E-state index in [-0.39, 0.29) is 18.6 Å². The molecule has 0 unspecified atom stereocenters. The van der Waals surface area contributed by atoms with Gasteiger partial charge in [-0.25, -0.2) is 14.2 Å². The highest BCUT2D eigenvalue weighted by Crippen LogP contribution is 1.97. The lowest BCUT2D eigenvalue weighted by Crippen LogP contribution is -2.32. The fraction of sp³-hybridized carbons (Fsp3) is 0.333. The van der Waals surface area contributed by atoms with Gasteiger partial charge in [0.1, 0.15) is 0 Å². The van der Waals surface area contributed by atoms with E-state index in [1.807, 2.05) is 0 Å². The Hall–Kier alpha value is -2.64. The Bertz CT molecular complexity index is 620. The van der Waals surface area contributed by atoms with Gasteiger partial charge in [-0.2, -0.15) is 5.10 Å². The number of carbonyl (C=O) groups excluding carboxylic acids is 1. The summed E-state index contributed by atoms with van der Waals surface area (Å²) in [6.45, 7) is 2.54. The molecule has 106 valence electrons. The van der Waals surface area contributed by atoms with E-state index in [4.69, 9.17) is 4.74 Å². The molecule has 0 aliphatic rings. The Morgan fingerprint density at radius 3 is 3.00 bits per heavy atom. The lowest BCUT2D eigenvalue weighted by Gasteiger charge is -2.08. The molecular formula is C12H15N5O3. The van der Waals surface area contributed by atoms with E-state index in [0.29, 0.717) is 12.4 Å². The maximum atomic E-state index is 11.7. The molecule has 0 spiro atoms. The Labute approximate surface area is 115 Å². The second kappa shape index (κ2) is 6.50. The molecule has 0 saturated heterocycles. The second-order valence-corrected chi connectivity index (χ2v) is 3.85. The van der Waals surface area contributed by atoms with Gasteiger partial charge in [-0.05, 0) is 19.1 Å². The van der Waals surface area contributed by atoms with Gasteiger partial charge in [0, 0.05) is 25.0 Å². The summed E-state index contributed by atoms with van der Waals surface area (Å²) in [5.74, 6) is 0.533. The zero-order valence-electron chi connectivity index (χ0n) is 11.0. The van der Waals surface area contributed by atoms with Crippen LogP contribution in [0.1, 0.15) is 6.92 Å². The molecule has 0 atom stereocenters. The summed E-state index contributed by atoms with van der Waals surface area (Å²) in [5.41, 5.74) is -0.244. The summed E-state index contributed by atoms with van der Waals surface area (Å²) in [7, 11) is 0. The molecule has 0 aliphatic heterocycles. The maximum absolute atomic E-state index is 11.7. The number of hydrogen-bond donors (Lipinski definition) is 1. The largest absolute Gasteiger partial charge is 0.450 e. The van der Waals surface area contributed by atoms with Gasteiger partial charge in [0.15, 0.2) is 5.82 Å². The molecule has 0 bridgehead atoms. The zero-order valence-corrected chi connectivity index (χ0v) is 11.0. The molecule has 2 rings (SSSR count). The van der Waals surface area contributed by atoms with Crippen LogP contribution in [0.2, 0.25) is 0 Å². The smallest absolute Gasteiger partial charge is 0.407 e. The summed E-state index contributed by atoms with van der Waals surface area (Å²) in [4.78, 5) is 22.8. The third-order valence-corrected chi connectivity index (χ3v) is 2.46. The molecular weight excluding hydrogens is 262 g/mol. The van der Waals surface area contributed by atoms with Crippen LogP contribution in [0.5, 0.6) is 0 Å². The Morgan fingerprint density at radius 1 is 1.45 bits per heavy atom. The molecule has 8 heteroatoms. The number of hydrogen-bond acceptors (Lipinski definition) is 5. The molecule has 2 aromatic rings. The molecule has 1 N–H and O–H groups in total. The predicted molar refractivity (Wildman–Crippen MR) is 70.6 cm³/mol. The van der Waals surface area contributed by atoms with Crippen LogP contribution in [0.4, 0.5) is 4.79 Å². The van der Waals surface area contributed by atoms with Crippen molar-refractivity contribution < 1.29 is 9.53 Å². The van der Waals surface area contributed by atoms with Crippen molar-refractivity contribution in [3.63, 3.8) is 0 Å². The fourth-order valence-electron chi connectivity index (χ4n) is 1.57. The van der Waals surface area contributed by atoms with Crippen LogP contribution < -0.4 is 10.9 Å². The number of amides is 1.